The number of carbonyl (C=O) groups excluding carboxylic acids is 1. The van der Waals surface area contributed by atoms with Gasteiger partial charge in [-0.3, -0.25) is 9.78 Å². The standard InChI is InChI=1S/C11H11BrN2O/c12-9-6-13-5-8-7(9)1-3-11(8)4-2-10(15)14-11/h5-6H,1-4H2,(H,14,15). The molecule has 3 rings (SSSR count). The van der Waals surface area contributed by atoms with Crippen molar-refractivity contribution >= 4 is 21.8 Å². The van der Waals surface area contributed by atoms with Gasteiger partial charge in [0.15, 0.2) is 0 Å². The summed E-state index contributed by atoms with van der Waals surface area (Å²) in [5.74, 6) is 0.169. The SMILES string of the molecule is O=C1CCC2(CCc3c(Br)cncc32)N1. The van der Waals surface area contributed by atoms with Crippen LogP contribution in [-0.2, 0) is 16.8 Å². The van der Waals surface area contributed by atoms with E-state index in [0.717, 1.165) is 23.7 Å². The Labute approximate surface area is 96.4 Å². The van der Waals surface area contributed by atoms with Gasteiger partial charge in [0.2, 0.25) is 5.91 Å². The van der Waals surface area contributed by atoms with E-state index in [9.17, 15) is 4.79 Å². The number of aromatic nitrogens is 1. The summed E-state index contributed by atoms with van der Waals surface area (Å²) in [5, 5.41) is 3.11. The van der Waals surface area contributed by atoms with E-state index in [1.807, 2.05) is 12.4 Å². The molecule has 0 aromatic carbocycles. The highest BCUT2D eigenvalue weighted by Crippen LogP contribution is 2.44. The summed E-state index contributed by atoms with van der Waals surface area (Å²) in [7, 11) is 0. The zero-order valence-electron chi connectivity index (χ0n) is 8.22. The predicted octanol–water partition coefficient (Wildman–Crippen LogP) is 1.90. The van der Waals surface area contributed by atoms with Crippen LogP contribution >= 0.6 is 15.9 Å². The van der Waals surface area contributed by atoms with Crippen LogP contribution in [0.4, 0.5) is 0 Å². The van der Waals surface area contributed by atoms with Crippen LogP contribution in [0, 0.1) is 0 Å². The van der Waals surface area contributed by atoms with Crippen molar-refractivity contribution in [3.8, 4) is 0 Å². The Hall–Kier alpha value is -0.900. The molecule has 1 fully saturated rings. The van der Waals surface area contributed by atoms with Gasteiger partial charge >= 0.3 is 0 Å². The number of hydrogen-bond acceptors (Lipinski definition) is 2. The summed E-state index contributed by atoms with van der Waals surface area (Å²) in [5.41, 5.74) is 2.42. The first kappa shape index (κ1) is 9.33. The van der Waals surface area contributed by atoms with E-state index in [4.69, 9.17) is 0 Å². The van der Waals surface area contributed by atoms with Gasteiger partial charge in [-0.25, -0.2) is 0 Å². The van der Waals surface area contributed by atoms with Crippen LogP contribution in [-0.4, -0.2) is 10.9 Å². The molecule has 4 heteroatoms. The molecule has 2 aliphatic rings. The van der Waals surface area contributed by atoms with E-state index < -0.39 is 0 Å². The molecule has 1 aliphatic heterocycles. The molecule has 2 heterocycles. The summed E-state index contributed by atoms with van der Waals surface area (Å²) in [4.78, 5) is 15.6. The fourth-order valence-electron chi connectivity index (χ4n) is 2.71. The van der Waals surface area contributed by atoms with Gasteiger partial charge in [0.05, 0.1) is 5.54 Å². The van der Waals surface area contributed by atoms with E-state index in [1.54, 1.807) is 0 Å². The molecule has 0 radical (unpaired) electrons. The number of nitrogens with one attached hydrogen (secondary N) is 1. The fraction of sp³-hybridized carbons (Fsp3) is 0.455. The number of nitrogens with zero attached hydrogens (tertiary/aromatic N) is 1. The van der Waals surface area contributed by atoms with Crippen LogP contribution in [0.15, 0.2) is 16.9 Å². The molecule has 1 atom stereocenters. The second kappa shape index (κ2) is 3.04. The van der Waals surface area contributed by atoms with Crippen LogP contribution in [0.2, 0.25) is 0 Å². The maximum absolute atomic E-state index is 11.4. The van der Waals surface area contributed by atoms with Crippen molar-refractivity contribution in [2.75, 3.05) is 0 Å². The van der Waals surface area contributed by atoms with Crippen LogP contribution < -0.4 is 5.32 Å². The average Bonchev–Trinajstić information content (AvgIpc) is 2.75. The number of amides is 1. The van der Waals surface area contributed by atoms with Crippen molar-refractivity contribution in [3.63, 3.8) is 0 Å². The molecular weight excluding hydrogens is 256 g/mol. The first-order valence-corrected chi connectivity index (χ1v) is 5.94. The molecular formula is C11H11BrN2O. The second-order valence-electron chi connectivity index (χ2n) is 4.28. The second-order valence-corrected chi connectivity index (χ2v) is 5.13. The molecule has 1 saturated heterocycles. The number of hydrogen-bond donors (Lipinski definition) is 1. The minimum absolute atomic E-state index is 0.108. The number of halogens is 1. The lowest BCUT2D eigenvalue weighted by Crippen LogP contribution is -2.36. The van der Waals surface area contributed by atoms with Crippen LogP contribution in [0.25, 0.3) is 0 Å². The van der Waals surface area contributed by atoms with Gasteiger partial charge in [0.1, 0.15) is 0 Å². The lowest BCUT2D eigenvalue weighted by Gasteiger charge is -2.24. The molecule has 0 bridgehead atoms. The van der Waals surface area contributed by atoms with Crippen molar-refractivity contribution < 1.29 is 4.79 Å². The van der Waals surface area contributed by atoms with Crippen molar-refractivity contribution in [2.24, 2.45) is 0 Å². The molecule has 15 heavy (non-hydrogen) atoms. The van der Waals surface area contributed by atoms with Gasteiger partial charge in [0.25, 0.3) is 0 Å². The predicted molar refractivity (Wildman–Crippen MR) is 59.3 cm³/mol. The molecule has 1 spiro atoms. The highest BCUT2D eigenvalue weighted by atomic mass is 79.9. The Morgan fingerprint density at radius 1 is 1.33 bits per heavy atom. The Kier molecular flexibility index (Phi) is 1.89. The highest BCUT2D eigenvalue weighted by Gasteiger charge is 2.44. The Bertz CT molecular complexity index is 446. The minimum Gasteiger partial charge on any atom is -0.346 e. The van der Waals surface area contributed by atoms with Gasteiger partial charge in [-0.15, -0.1) is 0 Å². The average molecular weight is 267 g/mol. The number of fused-ring (bicyclic) bond motifs is 2. The molecule has 3 nitrogen and oxygen atoms in total. The van der Waals surface area contributed by atoms with Crippen molar-refractivity contribution in [1.82, 2.24) is 10.3 Å². The van der Waals surface area contributed by atoms with Gasteiger partial charge < -0.3 is 5.32 Å². The number of carbonyl (C=O) groups is 1. The quantitative estimate of drug-likeness (QED) is 0.780. The normalized spacial score (nSPS) is 28.2. The Morgan fingerprint density at radius 3 is 2.87 bits per heavy atom. The molecule has 1 aliphatic carbocycles. The van der Waals surface area contributed by atoms with Crippen molar-refractivity contribution in [1.29, 1.82) is 0 Å². The van der Waals surface area contributed by atoms with E-state index in [2.05, 4.69) is 26.2 Å². The van der Waals surface area contributed by atoms with E-state index >= 15 is 0 Å². The third-order valence-corrected chi connectivity index (χ3v) is 4.16. The van der Waals surface area contributed by atoms with Gasteiger partial charge in [0, 0.05) is 28.9 Å². The maximum atomic E-state index is 11.4. The van der Waals surface area contributed by atoms with Gasteiger partial charge in [-0.1, -0.05) is 0 Å². The minimum atomic E-state index is -0.108. The van der Waals surface area contributed by atoms with E-state index in [-0.39, 0.29) is 11.4 Å². The molecule has 0 saturated carbocycles. The van der Waals surface area contributed by atoms with Crippen molar-refractivity contribution in [2.45, 2.75) is 31.2 Å². The fourth-order valence-corrected chi connectivity index (χ4v) is 3.24. The summed E-state index contributed by atoms with van der Waals surface area (Å²) < 4.78 is 1.07. The Balaban J connectivity index is 2.12. The van der Waals surface area contributed by atoms with E-state index in [0.29, 0.717) is 6.42 Å². The maximum Gasteiger partial charge on any atom is 0.220 e. The summed E-state index contributed by atoms with van der Waals surface area (Å²) in [6.07, 6.45) is 7.33. The Morgan fingerprint density at radius 2 is 2.13 bits per heavy atom. The zero-order valence-corrected chi connectivity index (χ0v) is 9.80. The number of pyridine rings is 1. The van der Waals surface area contributed by atoms with Crippen molar-refractivity contribution in [3.05, 3.63) is 28.0 Å². The van der Waals surface area contributed by atoms with Crippen LogP contribution in [0.5, 0.6) is 0 Å². The smallest absolute Gasteiger partial charge is 0.220 e. The third-order valence-electron chi connectivity index (χ3n) is 3.48. The molecule has 1 unspecified atom stereocenters. The zero-order chi connectivity index (χ0) is 10.5. The highest BCUT2D eigenvalue weighted by molar-refractivity contribution is 9.10. The largest absolute Gasteiger partial charge is 0.346 e. The summed E-state index contributed by atoms with van der Waals surface area (Å²) in [6, 6.07) is 0. The number of rotatable bonds is 0. The molecule has 1 N–H and O–H groups in total. The third kappa shape index (κ3) is 1.24. The molecule has 1 aromatic heterocycles. The topological polar surface area (TPSA) is 42.0 Å². The first-order chi connectivity index (χ1) is 7.21. The summed E-state index contributed by atoms with van der Waals surface area (Å²) in [6.45, 7) is 0. The lowest BCUT2D eigenvalue weighted by atomic mass is 9.91. The van der Waals surface area contributed by atoms with Crippen LogP contribution in [0.1, 0.15) is 30.4 Å². The first-order valence-electron chi connectivity index (χ1n) is 5.15. The van der Waals surface area contributed by atoms with Gasteiger partial charge in [-0.2, -0.15) is 0 Å². The van der Waals surface area contributed by atoms with Crippen LogP contribution in [0.3, 0.4) is 0 Å². The van der Waals surface area contributed by atoms with E-state index in [1.165, 1.54) is 11.1 Å². The molecule has 1 amide bonds. The monoisotopic (exact) mass is 266 g/mol. The summed E-state index contributed by atoms with van der Waals surface area (Å²) >= 11 is 3.52. The molecule has 1 aromatic rings. The lowest BCUT2D eigenvalue weighted by molar-refractivity contribution is -0.119. The molecule has 78 valence electrons. The van der Waals surface area contributed by atoms with Gasteiger partial charge in [-0.05, 0) is 40.8 Å².